The molecule has 6 unspecified atom stereocenters. The molecular formula is C16H28OS. The first-order valence-electron chi connectivity index (χ1n) is 7.80. The predicted octanol–water partition coefficient (Wildman–Crippen LogP) is 4.17. The van der Waals surface area contributed by atoms with Crippen LogP contribution in [0.4, 0.5) is 0 Å². The van der Waals surface area contributed by atoms with E-state index in [2.05, 4.69) is 20.8 Å². The molecule has 18 heavy (non-hydrogen) atoms. The van der Waals surface area contributed by atoms with Gasteiger partial charge in [-0.15, -0.1) is 0 Å². The molecule has 0 amide bonds. The third kappa shape index (κ3) is 2.35. The highest BCUT2D eigenvalue weighted by molar-refractivity contribution is 7.81. The first kappa shape index (κ1) is 13.3. The fourth-order valence-electron chi connectivity index (χ4n) is 4.89. The monoisotopic (exact) mass is 268 g/mol. The van der Waals surface area contributed by atoms with Crippen molar-refractivity contribution in [2.75, 3.05) is 6.61 Å². The Hall–Kier alpha value is 0.310. The number of rotatable bonds is 3. The van der Waals surface area contributed by atoms with Crippen LogP contribution in [-0.4, -0.2) is 17.5 Å². The third-order valence-electron chi connectivity index (χ3n) is 5.63. The van der Waals surface area contributed by atoms with E-state index >= 15 is 0 Å². The van der Waals surface area contributed by atoms with Gasteiger partial charge >= 0.3 is 0 Å². The Kier molecular flexibility index (Phi) is 3.47. The van der Waals surface area contributed by atoms with Crippen molar-refractivity contribution in [3.63, 3.8) is 0 Å². The van der Waals surface area contributed by atoms with Gasteiger partial charge in [0.25, 0.3) is 0 Å². The second-order valence-electron chi connectivity index (χ2n) is 7.73. The molecule has 2 heteroatoms. The molecule has 0 aliphatic heterocycles. The maximum Gasteiger partial charge on any atom is 0.0609 e. The lowest BCUT2D eigenvalue weighted by atomic mass is 9.67. The number of ether oxygens (including phenoxy) is 1. The summed E-state index contributed by atoms with van der Waals surface area (Å²) in [4.78, 5) is 0. The predicted molar refractivity (Wildman–Crippen MR) is 79.0 cm³/mol. The Morgan fingerprint density at radius 1 is 1.22 bits per heavy atom. The molecule has 0 aromatic heterocycles. The molecule has 0 aromatic rings. The topological polar surface area (TPSA) is 9.23 Å². The molecule has 3 saturated carbocycles. The van der Waals surface area contributed by atoms with E-state index in [0.29, 0.717) is 12.0 Å². The maximum absolute atomic E-state index is 6.19. The Morgan fingerprint density at radius 2 is 2.00 bits per heavy atom. The molecule has 2 bridgehead atoms. The van der Waals surface area contributed by atoms with Crippen molar-refractivity contribution in [1.29, 1.82) is 0 Å². The molecule has 3 aliphatic rings. The van der Waals surface area contributed by atoms with Crippen LogP contribution >= 0.6 is 12.6 Å². The van der Waals surface area contributed by atoms with E-state index in [1.54, 1.807) is 0 Å². The summed E-state index contributed by atoms with van der Waals surface area (Å²) in [6, 6.07) is 0. The van der Waals surface area contributed by atoms with Gasteiger partial charge < -0.3 is 4.74 Å². The summed E-state index contributed by atoms with van der Waals surface area (Å²) in [6.07, 6.45) is 7.43. The molecule has 0 spiro atoms. The van der Waals surface area contributed by atoms with Crippen molar-refractivity contribution in [3.8, 4) is 0 Å². The quantitative estimate of drug-likeness (QED) is 0.756. The fourth-order valence-corrected chi connectivity index (χ4v) is 5.23. The van der Waals surface area contributed by atoms with Crippen molar-refractivity contribution in [2.45, 2.75) is 63.7 Å². The van der Waals surface area contributed by atoms with Gasteiger partial charge in [-0.1, -0.05) is 20.8 Å². The lowest BCUT2D eigenvalue weighted by Crippen LogP contribution is -2.41. The summed E-state index contributed by atoms with van der Waals surface area (Å²) in [6.45, 7) is 7.79. The van der Waals surface area contributed by atoms with Crippen LogP contribution in [0, 0.1) is 29.6 Å². The van der Waals surface area contributed by atoms with Crippen molar-refractivity contribution < 1.29 is 4.74 Å². The van der Waals surface area contributed by atoms with Crippen molar-refractivity contribution in [2.24, 2.45) is 29.6 Å². The largest absolute Gasteiger partial charge is 0.378 e. The molecule has 0 N–H and O–H groups in total. The minimum absolute atomic E-state index is 0.286. The SMILES string of the molecule is CC(C)COC1CC2CC1C1CC(C)(S)CCC21. The minimum atomic E-state index is 0.286. The zero-order chi connectivity index (χ0) is 12.9. The van der Waals surface area contributed by atoms with Crippen LogP contribution in [0.5, 0.6) is 0 Å². The van der Waals surface area contributed by atoms with Gasteiger partial charge in [0.2, 0.25) is 0 Å². The summed E-state index contributed by atoms with van der Waals surface area (Å²) >= 11 is 4.87. The highest BCUT2D eigenvalue weighted by Crippen LogP contribution is 2.60. The molecule has 0 saturated heterocycles. The summed E-state index contributed by atoms with van der Waals surface area (Å²) in [5.41, 5.74) is 0. The average molecular weight is 268 g/mol. The first-order chi connectivity index (χ1) is 8.46. The van der Waals surface area contributed by atoms with Gasteiger partial charge in [-0.05, 0) is 61.7 Å². The van der Waals surface area contributed by atoms with Crippen LogP contribution in [0.2, 0.25) is 0 Å². The number of fused-ring (bicyclic) bond motifs is 5. The highest BCUT2D eigenvalue weighted by atomic mass is 32.1. The summed E-state index contributed by atoms with van der Waals surface area (Å²) in [5.74, 6) is 4.42. The van der Waals surface area contributed by atoms with Gasteiger partial charge in [0, 0.05) is 11.4 Å². The molecule has 0 heterocycles. The summed E-state index contributed by atoms with van der Waals surface area (Å²) < 4.78 is 6.48. The first-order valence-corrected chi connectivity index (χ1v) is 8.25. The minimum Gasteiger partial charge on any atom is -0.378 e. The smallest absolute Gasteiger partial charge is 0.0609 e. The molecule has 1 nitrogen and oxygen atoms in total. The number of hydrogen-bond donors (Lipinski definition) is 1. The average Bonchev–Trinajstić information content (AvgIpc) is 2.82. The van der Waals surface area contributed by atoms with E-state index in [0.717, 1.165) is 30.3 Å². The normalized spacial score (nSPS) is 50.8. The van der Waals surface area contributed by atoms with E-state index in [1.165, 1.54) is 32.1 Å². The lowest BCUT2D eigenvalue weighted by Gasteiger charge is -2.44. The van der Waals surface area contributed by atoms with Gasteiger partial charge in [0.15, 0.2) is 0 Å². The zero-order valence-corrected chi connectivity index (χ0v) is 13.0. The third-order valence-corrected chi connectivity index (χ3v) is 6.03. The highest BCUT2D eigenvalue weighted by Gasteiger charge is 2.55. The van der Waals surface area contributed by atoms with Crippen LogP contribution in [0.15, 0.2) is 0 Å². The second kappa shape index (κ2) is 4.70. The molecule has 3 rings (SSSR count). The summed E-state index contributed by atoms with van der Waals surface area (Å²) in [7, 11) is 0. The fraction of sp³-hybridized carbons (Fsp3) is 1.00. The molecule has 6 atom stereocenters. The van der Waals surface area contributed by atoms with Gasteiger partial charge in [-0.2, -0.15) is 12.6 Å². The Bertz CT molecular complexity index is 310. The van der Waals surface area contributed by atoms with Crippen molar-refractivity contribution in [3.05, 3.63) is 0 Å². The molecule has 104 valence electrons. The molecule has 0 radical (unpaired) electrons. The van der Waals surface area contributed by atoms with Gasteiger partial charge in [0.1, 0.15) is 0 Å². The zero-order valence-electron chi connectivity index (χ0n) is 12.1. The molecule has 3 aliphatic carbocycles. The van der Waals surface area contributed by atoms with Crippen molar-refractivity contribution >= 4 is 12.6 Å². The van der Waals surface area contributed by atoms with Crippen LogP contribution in [0.25, 0.3) is 0 Å². The Balaban J connectivity index is 1.65. The molecule has 0 aromatic carbocycles. The van der Waals surface area contributed by atoms with E-state index in [4.69, 9.17) is 17.4 Å². The maximum atomic E-state index is 6.19. The van der Waals surface area contributed by atoms with Crippen LogP contribution in [-0.2, 0) is 4.74 Å². The lowest BCUT2D eigenvalue weighted by molar-refractivity contribution is -0.0373. The van der Waals surface area contributed by atoms with E-state index in [1.807, 2.05) is 0 Å². The molecule has 3 fully saturated rings. The second-order valence-corrected chi connectivity index (χ2v) is 8.81. The Labute approximate surface area is 117 Å². The van der Waals surface area contributed by atoms with E-state index in [9.17, 15) is 0 Å². The van der Waals surface area contributed by atoms with Crippen LogP contribution in [0.1, 0.15) is 52.9 Å². The van der Waals surface area contributed by atoms with Gasteiger partial charge in [0.05, 0.1) is 6.10 Å². The number of thiol groups is 1. The molecular weight excluding hydrogens is 240 g/mol. The van der Waals surface area contributed by atoms with Gasteiger partial charge in [-0.25, -0.2) is 0 Å². The van der Waals surface area contributed by atoms with Gasteiger partial charge in [-0.3, -0.25) is 0 Å². The van der Waals surface area contributed by atoms with Crippen LogP contribution in [0.3, 0.4) is 0 Å². The number of hydrogen-bond acceptors (Lipinski definition) is 2. The van der Waals surface area contributed by atoms with Crippen LogP contribution < -0.4 is 0 Å². The standard InChI is InChI=1S/C16H28OS/c1-10(2)9-17-15-7-11-6-13(15)14-8-16(3,18)5-4-12(11)14/h10-15,18H,4-9H2,1-3H3. The van der Waals surface area contributed by atoms with Crippen molar-refractivity contribution in [1.82, 2.24) is 0 Å². The van der Waals surface area contributed by atoms with E-state index < -0.39 is 0 Å². The van der Waals surface area contributed by atoms with E-state index in [-0.39, 0.29) is 4.75 Å². The Morgan fingerprint density at radius 3 is 2.72 bits per heavy atom. The summed E-state index contributed by atoms with van der Waals surface area (Å²) in [5, 5.41) is 0.